The van der Waals surface area contributed by atoms with E-state index in [9.17, 15) is 0 Å². The Hall–Kier alpha value is -1.53. The monoisotopic (exact) mass is 298 g/mol. The molecule has 0 radical (unpaired) electrons. The third-order valence-electron chi connectivity index (χ3n) is 3.05. The van der Waals surface area contributed by atoms with Crippen molar-refractivity contribution in [2.24, 2.45) is 0 Å². The van der Waals surface area contributed by atoms with Gasteiger partial charge in [-0.25, -0.2) is 0 Å². The summed E-state index contributed by atoms with van der Waals surface area (Å²) in [6, 6.07) is 18.3. The molecule has 2 aromatic rings. The van der Waals surface area contributed by atoms with Gasteiger partial charge in [0.25, 0.3) is 0 Å². The van der Waals surface area contributed by atoms with Crippen LogP contribution in [-0.4, -0.2) is 8.07 Å². The zero-order valence-electron chi connectivity index (χ0n) is 12.2. The molecule has 0 spiro atoms. The molecule has 0 aromatic heterocycles. The van der Waals surface area contributed by atoms with Crippen LogP contribution in [0.25, 0.3) is 11.3 Å². The van der Waals surface area contributed by atoms with Crippen LogP contribution < -0.4 is 0 Å². The van der Waals surface area contributed by atoms with Crippen molar-refractivity contribution in [3.8, 4) is 0 Å². The molecule has 0 aliphatic rings. The second kappa shape index (κ2) is 6.28. The van der Waals surface area contributed by atoms with Gasteiger partial charge in [-0.05, 0) is 34.5 Å². The summed E-state index contributed by atoms with van der Waals surface area (Å²) in [4.78, 5) is 0. The molecule has 0 fully saturated rings. The standard InChI is InChI=1S/C18H19ClSi/c1-20(2,3)18(16-10-7-11-17(19)14-16)13-12-15-8-5-4-6-9-15/h4-12,14H,1-3H3. The van der Waals surface area contributed by atoms with Gasteiger partial charge < -0.3 is 0 Å². The lowest BCUT2D eigenvalue weighted by Gasteiger charge is -2.19. The molecular weight excluding hydrogens is 280 g/mol. The minimum Gasteiger partial charge on any atom is -0.121 e. The van der Waals surface area contributed by atoms with Gasteiger partial charge in [0, 0.05) is 5.02 Å². The molecule has 0 N–H and O–H groups in total. The summed E-state index contributed by atoms with van der Waals surface area (Å²) in [5.41, 5.74) is 5.87. The lowest BCUT2D eigenvalue weighted by Crippen LogP contribution is -2.22. The molecule has 0 aliphatic heterocycles. The summed E-state index contributed by atoms with van der Waals surface area (Å²) in [5.74, 6) is 0. The van der Waals surface area contributed by atoms with Crippen molar-refractivity contribution in [3.63, 3.8) is 0 Å². The Kier molecular flexibility index (Phi) is 4.67. The van der Waals surface area contributed by atoms with Gasteiger partial charge in [0.05, 0.1) is 8.07 Å². The molecular formula is C18H19ClSi. The fourth-order valence-corrected chi connectivity index (χ4v) is 3.80. The first-order valence-corrected chi connectivity index (χ1v) is 10.6. The van der Waals surface area contributed by atoms with Crippen LogP contribution in [0.5, 0.6) is 0 Å². The van der Waals surface area contributed by atoms with E-state index in [-0.39, 0.29) is 0 Å². The van der Waals surface area contributed by atoms with Gasteiger partial charge in [-0.3, -0.25) is 0 Å². The minimum absolute atomic E-state index is 0.778. The van der Waals surface area contributed by atoms with Crippen LogP contribution in [-0.2, 0) is 0 Å². The Labute approximate surface area is 127 Å². The molecule has 20 heavy (non-hydrogen) atoms. The number of rotatable bonds is 3. The van der Waals surface area contributed by atoms with Crippen LogP contribution in [0.1, 0.15) is 11.1 Å². The Morgan fingerprint density at radius 1 is 1.00 bits per heavy atom. The van der Waals surface area contributed by atoms with Crippen molar-refractivity contribution in [3.05, 3.63) is 76.5 Å². The van der Waals surface area contributed by atoms with Gasteiger partial charge >= 0.3 is 0 Å². The van der Waals surface area contributed by atoms with Gasteiger partial charge in [-0.2, -0.15) is 0 Å². The van der Waals surface area contributed by atoms with E-state index in [0.717, 1.165) is 5.02 Å². The van der Waals surface area contributed by atoms with Crippen LogP contribution >= 0.6 is 11.6 Å². The highest BCUT2D eigenvalue weighted by molar-refractivity contribution is 6.93. The number of halogens is 1. The molecule has 2 rings (SSSR count). The Bertz CT molecular complexity index is 645. The van der Waals surface area contributed by atoms with Crippen LogP contribution in [0, 0.1) is 0 Å². The Morgan fingerprint density at radius 3 is 2.30 bits per heavy atom. The number of benzene rings is 2. The highest BCUT2D eigenvalue weighted by Gasteiger charge is 2.21. The van der Waals surface area contributed by atoms with E-state index in [1.54, 1.807) is 0 Å². The molecule has 0 amide bonds. The van der Waals surface area contributed by atoms with Crippen LogP contribution in [0.3, 0.4) is 0 Å². The molecule has 0 heterocycles. The average Bonchev–Trinajstić information content (AvgIpc) is 2.39. The normalized spacial score (nSPS) is 10.8. The van der Waals surface area contributed by atoms with E-state index >= 15 is 0 Å². The summed E-state index contributed by atoms with van der Waals surface area (Å²) in [6.07, 6.45) is 2.06. The quantitative estimate of drug-likeness (QED) is 0.488. The summed E-state index contributed by atoms with van der Waals surface area (Å²) in [5, 5.41) is 2.07. The summed E-state index contributed by atoms with van der Waals surface area (Å²) >= 11 is 6.12. The fourth-order valence-electron chi connectivity index (χ4n) is 2.08. The maximum Gasteiger partial charge on any atom is 0.0883 e. The van der Waals surface area contributed by atoms with E-state index < -0.39 is 8.07 Å². The maximum atomic E-state index is 6.12. The van der Waals surface area contributed by atoms with E-state index in [0.29, 0.717) is 0 Å². The van der Waals surface area contributed by atoms with E-state index in [4.69, 9.17) is 11.6 Å². The van der Waals surface area contributed by atoms with E-state index in [2.05, 4.69) is 49.6 Å². The van der Waals surface area contributed by atoms with Crippen molar-refractivity contribution < 1.29 is 0 Å². The van der Waals surface area contributed by atoms with Crippen LogP contribution in [0.15, 0.2) is 60.3 Å². The van der Waals surface area contributed by atoms with Gasteiger partial charge in [0.2, 0.25) is 0 Å². The van der Waals surface area contributed by atoms with Crippen molar-refractivity contribution in [2.75, 3.05) is 0 Å². The first kappa shape index (κ1) is 14.9. The zero-order chi connectivity index (χ0) is 14.6. The lowest BCUT2D eigenvalue weighted by molar-refractivity contribution is 1.61. The highest BCUT2D eigenvalue weighted by atomic mass is 35.5. The summed E-state index contributed by atoms with van der Waals surface area (Å²) < 4.78 is 0. The predicted molar refractivity (Wildman–Crippen MR) is 92.6 cm³/mol. The lowest BCUT2D eigenvalue weighted by atomic mass is 10.2. The molecule has 0 nitrogen and oxygen atoms in total. The molecule has 0 bridgehead atoms. The highest BCUT2D eigenvalue weighted by Crippen LogP contribution is 2.27. The molecule has 2 heteroatoms. The van der Waals surface area contributed by atoms with Crippen LogP contribution in [0.4, 0.5) is 0 Å². The molecule has 0 unspecified atom stereocenters. The molecule has 0 atom stereocenters. The third kappa shape index (κ3) is 3.98. The van der Waals surface area contributed by atoms with Crippen molar-refractivity contribution in [1.82, 2.24) is 0 Å². The fraction of sp³-hybridized carbons (Fsp3) is 0.167. The first-order chi connectivity index (χ1) is 9.47. The van der Waals surface area contributed by atoms with Crippen molar-refractivity contribution >= 4 is 30.9 Å². The second-order valence-corrected chi connectivity index (χ2v) is 11.3. The number of hydrogen-bond donors (Lipinski definition) is 0. The third-order valence-corrected chi connectivity index (χ3v) is 5.21. The Balaban J connectivity index is 2.52. The zero-order valence-corrected chi connectivity index (χ0v) is 13.9. The van der Waals surface area contributed by atoms with Gasteiger partial charge in [-0.15, -0.1) is 5.73 Å². The maximum absolute atomic E-state index is 6.12. The second-order valence-electron chi connectivity index (χ2n) is 5.83. The molecule has 0 aliphatic carbocycles. The van der Waals surface area contributed by atoms with Crippen molar-refractivity contribution in [1.29, 1.82) is 0 Å². The Morgan fingerprint density at radius 2 is 1.70 bits per heavy atom. The van der Waals surface area contributed by atoms with Gasteiger partial charge in [0.15, 0.2) is 0 Å². The van der Waals surface area contributed by atoms with Crippen LogP contribution in [0.2, 0.25) is 24.7 Å². The summed E-state index contributed by atoms with van der Waals surface area (Å²) in [7, 11) is -1.49. The van der Waals surface area contributed by atoms with Gasteiger partial charge in [-0.1, -0.05) is 73.7 Å². The average molecular weight is 299 g/mol. The van der Waals surface area contributed by atoms with E-state index in [1.165, 1.54) is 16.3 Å². The smallest absolute Gasteiger partial charge is 0.0883 e. The molecule has 102 valence electrons. The summed E-state index contributed by atoms with van der Waals surface area (Å²) in [6.45, 7) is 6.99. The predicted octanol–water partition coefficient (Wildman–Crippen LogP) is 5.91. The SMILES string of the molecule is C[Si](C)(C)C(=C=Cc1ccccc1)c1cccc(Cl)c1. The van der Waals surface area contributed by atoms with E-state index in [1.807, 2.05) is 36.4 Å². The van der Waals surface area contributed by atoms with Gasteiger partial charge in [0.1, 0.15) is 0 Å². The number of hydrogen-bond acceptors (Lipinski definition) is 0. The van der Waals surface area contributed by atoms with Crippen molar-refractivity contribution in [2.45, 2.75) is 19.6 Å². The largest absolute Gasteiger partial charge is 0.121 e. The molecule has 2 aromatic carbocycles. The molecule has 0 saturated heterocycles. The minimum atomic E-state index is -1.49. The first-order valence-electron chi connectivity index (χ1n) is 6.75. The topological polar surface area (TPSA) is 0 Å². The molecule has 0 saturated carbocycles.